The monoisotopic (exact) mass is 268 g/mol. The highest BCUT2D eigenvalue weighted by atomic mass is 16.6. The molecule has 0 amide bonds. The van der Waals surface area contributed by atoms with Crippen LogP contribution in [0.15, 0.2) is 36.4 Å². The van der Waals surface area contributed by atoms with Crippen LogP contribution in [-0.2, 0) is 0 Å². The molecule has 4 nitrogen and oxygen atoms in total. The van der Waals surface area contributed by atoms with Gasteiger partial charge in [0.15, 0.2) is 0 Å². The first-order valence-electron chi connectivity index (χ1n) is 6.77. The molecule has 4 rings (SSSR count). The fourth-order valence-corrected chi connectivity index (χ4v) is 2.63. The summed E-state index contributed by atoms with van der Waals surface area (Å²) in [4.78, 5) is 0. The summed E-state index contributed by atoms with van der Waals surface area (Å²) in [6.45, 7) is 4.14. The van der Waals surface area contributed by atoms with Crippen molar-refractivity contribution in [3.8, 4) is 11.5 Å². The Hall–Kier alpha value is -2.36. The van der Waals surface area contributed by atoms with Gasteiger partial charge < -0.3 is 20.1 Å². The van der Waals surface area contributed by atoms with Crippen LogP contribution in [0.3, 0.4) is 0 Å². The molecule has 0 aromatic heterocycles. The van der Waals surface area contributed by atoms with Crippen molar-refractivity contribution in [1.29, 1.82) is 0 Å². The van der Waals surface area contributed by atoms with Gasteiger partial charge in [0.1, 0.15) is 11.5 Å². The summed E-state index contributed by atoms with van der Waals surface area (Å²) in [6.07, 6.45) is -0.445. The molecular formula is C16H16N2O2. The van der Waals surface area contributed by atoms with Gasteiger partial charge >= 0.3 is 0 Å². The summed E-state index contributed by atoms with van der Waals surface area (Å²) < 4.78 is 11.8. The Morgan fingerprint density at radius 1 is 0.750 bits per heavy atom. The first-order chi connectivity index (χ1) is 9.69. The van der Waals surface area contributed by atoms with Crippen molar-refractivity contribution < 1.29 is 9.47 Å². The summed E-state index contributed by atoms with van der Waals surface area (Å²) >= 11 is 0. The quantitative estimate of drug-likeness (QED) is 0.833. The number of aryl methyl sites for hydroxylation is 2. The van der Waals surface area contributed by atoms with E-state index in [1.807, 2.05) is 24.3 Å². The van der Waals surface area contributed by atoms with Crippen LogP contribution in [0.5, 0.6) is 11.5 Å². The van der Waals surface area contributed by atoms with Gasteiger partial charge in [0.25, 0.3) is 0 Å². The highest BCUT2D eigenvalue weighted by Gasteiger charge is 2.35. The van der Waals surface area contributed by atoms with Crippen molar-refractivity contribution in [2.45, 2.75) is 26.3 Å². The molecule has 2 aliphatic heterocycles. The van der Waals surface area contributed by atoms with E-state index in [2.05, 4.69) is 36.6 Å². The molecule has 102 valence electrons. The lowest BCUT2D eigenvalue weighted by atomic mass is 10.2. The van der Waals surface area contributed by atoms with Gasteiger partial charge in [-0.2, -0.15) is 0 Å². The van der Waals surface area contributed by atoms with Crippen LogP contribution in [0.2, 0.25) is 0 Å². The molecule has 0 saturated carbocycles. The van der Waals surface area contributed by atoms with Gasteiger partial charge in [-0.1, -0.05) is 12.1 Å². The maximum Gasteiger partial charge on any atom is 0.226 e. The third kappa shape index (κ3) is 1.76. The van der Waals surface area contributed by atoms with Crippen molar-refractivity contribution in [3.63, 3.8) is 0 Å². The second kappa shape index (κ2) is 4.07. The van der Waals surface area contributed by atoms with Crippen LogP contribution >= 0.6 is 0 Å². The summed E-state index contributed by atoms with van der Waals surface area (Å²) in [7, 11) is 0. The van der Waals surface area contributed by atoms with E-state index in [-0.39, 0.29) is 12.5 Å². The molecule has 20 heavy (non-hydrogen) atoms. The SMILES string of the molecule is Cc1ccc2c(c1)N[C@@H]([C@H]1Nc3cc(C)ccc3O1)O2. The maximum atomic E-state index is 5.91. The van der Waals surface area contributed by atoms with Crippen LogP contribution in [-0.4, -0.2) is 12.5 Å². The van der Waals surface area contributed by atoms with E-state index in [1.165, 1.54) is 11.1 Å². The van der Waals surface area contributed by atoms with Gasteiger partial charge in [0.05, 0.1) is 11.4 Å². The molecule has 2 aromatic rings. The molecule has 0 unspecified atom stereocenters. The van der Waals surface area contributed by atoms with E-state index in [4.69, 9.17) is 9.47 Å². The first kappa shape index (κ1) is 11.5. The highest BCUT2D eigenvalue weighted by Crippen LogP contribution is 2.38. The molecule has 2 aliphatic rings. The number of hydrogen-bond donors (Lipinski definition) is 2. The second-order valence-corrected chi connectivity index (χ2v) is 5.36. The standard InChI is InChI=1S/C16H16N2O2/c1-9-3-5-13-11(7-9)17-15(19-13)16-18-12-8-10(2)4-6-14(12)20-16/h3-8,15-18H,1-2H3/t15-,16+. The van der Waals surface area contributed by atoms with Crippen molar-refractivity contribution >= 4 is 11.4 Å². The second-order valence-electron chi connectivity index (χ2n) is 5.36. The maximum absolute atomic E-state index is 5.91. The number of fused-ring (bicyclic) bond motifs is 2. The molecule has 2 atom stereocenters. The summed E-state index contributed by atoms with van der Waals surface area (Å²) in [6, 6.07) is 12.2. The fraction of sp³-hybridized carbons (Fsp3) is 0.250. The van der Waals surface area contributed by atoms with E-state index in [9.17, 15) is 0 Å². The summed E-state index contributed by atoms with van der Waals surface area (Å²) in [5.41, 5.74) is 4.46. The van der Waals surface area contributed by atoms with Gasteiger partial charge in [0.2, 0.25) is 12.5 Å². The van der Waals surface area contributed by atoms with Crippen molar-refractivity contribution in [1.82, 2.24) is 0 Å². The molecular weight excluding hydrogens is 252 g/mol. The number of anilines is 2. The van der Waals surface area contributed by atoms with Crippen LogP contribution < -0.4 is 20.1 Å². The zero-order valence-electron chi connectivity index (χ0n) is 11.4. The van der Waals surface area contributed by atoms with Gasteiger partial charge in [-0.25, -0.2) is 0 Å². The Morgan fingerprint density at radius 2 is 1.20 bits per heavy atom. The van der Waals surface area contributed by atoms with Crippen molar-refractivity contribution in [2.75, 3.05) is 10.6 Å². The first-order valence-corrected chi connectivity index (χ1v) is 6.77. The Kier molecular flexibility index (Phi) is 2.33. The average molecular weight is 268 g/mol. The molecule has 0 fully saturated rings. The number of hydrogen-bond acceptors (Lipinski definition) is 4. The van der Waals surface area contributed by atoms with Crippen LogP contribution in [0.4, 0.5) is 11.4 Å². The molecule has 0 saturated heterocycles. The highest BCUT2D eigenvalue weighted by molar-refractivity contribution is 5.65. The minimum Gasteiger partial charge on any atom is -0.462 e. The van der Waals surface area contributed by atoms with E-state index >= 15 is 0 Å². The molecule has 0 bridgehead atoms. The molecule has 2 heterocycles. The Balaban J connectivity index is 1.55. The average Bonchev–Trinajstić information content (AvgIpc) is 3.00. The zero-order valence-corrected chi connectivity index (χ0v) is 11.4. The largest absolute Gasteiger partial charge is 0.462 e. The van der Waals surface area contributed by atoms with E-state index in [0.29, 0.717) is 0 Å². The van der Waals surface area contributed by atoms with Crippen LogP contribution in [0.1, 0.15) is 11.1 Å². The lowest BCUT2D eigenvalue weighted by molar-refractivity contribution is 0.113. The van der Waals surface area contributed by atoms with E-state index < -0.39 is 0 Å². The fourth-order valence-electron chi connectivity index (χ4n) is 2.63. The van der Waals surface area contributed by atoms with E-state index in [1.54, 1.807) is 0 Å². The Bertz CT molecular complexity index is 625. The summed E-state index contributed by atoms with van der Waals surface area (Å²) in [5.74, 6) is 1.75. The van der Waals surface area contributed by atoms with Crippen molar-refractivity contribution in [3.05, 3.63) is 47.5 Å². The predicted octanol–water partition coefficient (Wildman–Crippen LogP) is 3.26. The zero-order chi connectivity index (χ0) is 13.7. The van der Waals surface area contributed by atoms with Crippen LogP contribution in [0.25, 0.3) is 0 Å². The van der Waals surface area contributed by atoms with E-state index in [0.717, 1.165) is 22.9 Å². The normalized spacial score (nSPS) is 22.1. The minimum atomic E-state index is -0.223. The smallest absolute Gasteiger partial charge is 0.226 e. The minimum absolute atomic E-state index is 0.223. The predicted molar refractivity (Wildman–Crippen MR) is 78.4 cm³/mol. The number of ether oxygens (including phenoxy) is 2. The van der Waals surface area contributed by atoms with Gasteiger partial charge in [-0.05, 0) is 49.2 Å². The lowest BCUT2D eigenvalue weighted by Gasteiger charge is -2.18. The van der Waals surface area contributed by atoms with Gasteiger partial charge in [-0.15, -0.1) is 0 Å². The lowest BCUT2D eigenvalue weighted by Crippen LogP contribution is -2.41. The molecule has 4 heteroatoms. The third-order valence-electron chi connectivity index (χ3n) is 3.65. The molecule has 2 aromatic carbocycles. The molecule has 0 radical (unpaired) electrons. The van der Waals surface area contributed by atoms with Crippen molar-refractivity contribution in [2.24, 2.45) is 0 Å². The van der Waals surface area contributed by atoms with Crippen LogP contribution in [0, 0.1) is 13.8 Å². The summed E-state index contributed by atoms with van der Waals surface area (Å²) in [5, 5.41) is 6.71. The van der Waals surface area contributed by atoms with Gasteiger partial charge in [0, 0.05) is 0 Å². The third-order valence-corrected chi connectivity index (χ3v) is 3.65. The number of benzene rings is 2. The molecule has 0 spiro atoms. The number of rotatable bonds is 1. The Morgan fingerprint density at radius 3 is 1.65 bits per heavy atom. The topological polar surface area (TPSA) is 42.5 Å². The molecule has 2 N–H and O–H groups in total. The molecule has 0 aliphatic carbocycles. The number of nitrogens with one attached hydrogen (secondary N) is 2. The Labute approximate surface area is 117 Å². The van der Waals surface area contributed by atoms with Gasteiger partial charge in [-0.3, -0.25) is 0 Å².